The van der Waals surface area contributed by atoms with Crippen molar-refractivity contribution in [3.8, 4) is 0 Å². The molecule has 3 nitrogen and oxygen atoms in total. The maximum Gasteiger partial charge on any atom is 0.248 e. The quantitative estimate of drug-likeness (QED) is 0.470. The second-order valence-corrected chi connectivity index (χ2v) is 2.51. The van der Waals surface area contributed by atoms with Gasteiger partial charge in [-0.1, -0.05) is 22.6 Å². The Kier molecular flexibility index (Phi) is 2.73. The molecule has 1 heterocycles. The van der Waals surface area contributed by atoms with Crippen LogP contribution in [0.25, 0.3) is 0 Å². The molecule has 0 aromatic carbocycles. The van der Waals surface area contributed by atoms with Gasteiger partial charge in [0.05, 0.1) is 10.2 Å². The molecule has 2 N–H and O–H groups in total. The van der Waals surface area contributed by atoms with E-state index in [2.05, 4.69) is 32.9 Å². The molecule has 0 aliphatic carbocycles. The Morgan fingerprint density at radius 2 is 2.40 bits per heavy atom. The number of H-pyrrole nitrogens is 1. The van der Waals surface area contributed by atoms with Gasteiger partial charge >= 0.3 is 0 Å². The summed E-state index contributed by atoms with van der Waals surface area (Å²) < 4.78 is 0.837. The van der Waals surface area contributed by atoms with E-state index >= 15 is 0 Å². The smallest absolute Gasteiger partial charge is 0.248 e. The molecule has 0 saturated carbocycles. The number of aromatic amines is 1. The summed E-state index contributed by atoms with van der Waals surface area (Å²) in [5.41, 5.74) is 0.869. The lowest BCUT2D eigenvalue weighted by molar-refractivity contribution is 1.23. The molecule has 0 saturated heterocycles. The van der Waals surface area contributed by atoms with E-state index in [1.165, 1.54) is 6.07 Å². The van der Waals surface area contributed by atoms with Crippen molar-refractivity contribution in [3.63, 3.8) is 0 Å². The molecule has 1 rings (SSSR count). The van der Waals surface area contributed by atoms with Crippen LogP contribution in [0.4, 0.5) is 5.69 Å². The molecule has 54 valence electrons. The minimum Gasteiger partial charge on any atom is -0.375 e. The third kappa shape index (κ3) is 2.02. The molecule has 0 unspecified atom stereocenters. The predicted octanol–water partition coefficient (Wildman–Crippen LogP) is 1.18. The molecule has 0 aliphatic heterocycles. The monoisotopic (exact) mass is 250 g/mol. The molecule has 0 amide bonds. The largest absolute Gasteiger partial charge is 0.375 e. The van der Waals surface area contributed by atoms with Gasteiger partial charge < -0.3 is 10.3 Å². The van der Waals surface area contributed by atoms with E-state index in [1.807, 2.05) is 0 Å². The second kappa shape index (κ2) is 3.60. The highest BCUT2D eigenvalue weighted by atomic mass is 127. The number of nitrogens with one attached hydrogen (secondary N) is 2. The van der Waals surface area contributed by atoms with E-state index in [0.29, 0.717) is 0 Å². The normalized spacial score (nSPS) is 9.30. The van der Waals surface area contributed by atoms with Crippen LogP contribution < -0.4 is 10.9 Å². The molecular formula is C6H7IN2O. The van der Waals surface area contributed by atoms with E-state index < -0.39 is 0 Å². The Bertz CT molecular complexity index is 238. The van der Waals surface area contributed by atoms with Crippen LogP contribution in [0.5, 0.6) is 0 Å². The molecule has 0 bridgehead atoms. The Hall–Kier alpha value is -0.520. The molecule has 1 aromatic heterocycles. The van der Waals surface area contributed by atoms with Gasteiger partial charge in [0, 0.05) is 12.3 Å². The summed E-state index contributed by atoms with van der Waals surface area (Å²) in [4.78, 5) is 13.1. The summed E-state index contributed by atoms with van der Waals surface area (Å²) in [6.07, 6.45) is 1.65. The topological polar surface area (TPSA) is 44.9 Å². The fraction of sp³-hybridized carbons (Fsp3) is 0.167. The van der Waals surface area contributed by atoms with Crippen molar-refractivity contribution in [2.75, 3.05) is 9.87 Å². The van der Waals surface area contributed by atoms with E-state index in [1.54, 1.807) is 12.3 Å². The van der Waals surface area contributed by atoms with Crippen molar-refractivity contribution in [2.45, 2.75) is 0 Å². The van der Waals surface area contributed by atoms with Gasteiger partial charge in [0.2, 0.25) is 5.56 Å². The van der Waals surface area contributed by atoms with E-state index in [9.17, 15) is 4.79 Å². The van der Waals surface area contributed by atoms with Gasteiger partial charge in [-0.05, 0) is 6.07 Å². The van der Waals surface area contributed by atoms with Crippen molar-refractivity contribution in [3.05, 3.63) is 28.7 Å². The molecule has 4 heteroatoms. The van der Waals surface area contributed by atoms with Crippen LogP contribution in [0, 0.1) is 0 Å². The molecule has 0 radical (unpaired) electrons. The number of aromatic nitrogens is 1. The van der Waals surface area contributed by atoms with E-state index in [-0.39, 0.29) is 5.56 Å². The standard InChI is InChI=1S/C6H7IN2O/c7-4-9-5-1-2-6(10)8-3-5/h1-3,9H,4H2,(H,8,10). The lowest BCUT2D eigenvalue weighted by Gasteiger charge is -1.98. The van der Waals surface area contributed by atoms with Crippen LogP contribution in [-0.4, -0.2) is 9.54 Å². The third-order valence-electron chi connectivity index (χ3n) is 1.06. The molecule has 10 heavy (non-hydrogen) atoms. The van der Waals surface area contributed by atoms with Crippen molar-refractivity contribution < 1.29 is 0 Å². The zero-order valence-corrected chi connectivity index (χ0v) is 7.38. The molecular weight excluding hydrogens is 243 g/mol. The lowest BCUT2D eigenvalue weighted by Crippen LogP contribution is -2.03. The summed E-state index contributed by atoms with van der Waals surface area (Å²) in [7, 11) is 0. The van der Waals surface area contributed by atoms with Crippen LogP contribution in [0.1, 0.15) is 0 Å². The highest BCUT2D eigenvalue weighted by Crippen LogP contribution is 2.00. The molecule has 0 atom stereocenters. The van der Waals surface area contributed by atoms with Gasteiger partial charge in [0.25, 0.3) is 0 Å². The van der Waals surface area contributed by atoms with Crippen LogP contribution in [0.3, 0.4) is 0 Å². The molecule has 1 aromatic rings. The molecule has 0 aliphatic rings. The van der Waals surface area contributed by atoms with Crippen molar-refractivity contribution >= 4 is 28.3 Å². The SMILES string of the molecule is O=c1ccc(NCI)c[nH]1. The van der Waals surface area contributed by atoms with Crippen LogP contribution in [0.2, 0.25) is 0 Å². The highest BCUT2D eigenvalue weighted by molar-refractivity contribution is 14.1. The van der Waals surface area contributed by atoms with Crippen molar-refractivity contribution in [1.29, 1.82) is 0 Å². The third-order valence-corrected chi connectivity index (χ3v) is 1.44. The minimum atomic E-state index is -0.0704. The fourth-order valence-corrected chi connectivity index (χ4v) is 1.04. The van der Waals surface area contributed by atoms with Gasteiger partial charge in [-0.3, -0.25) is 4.79 Å². The van der Waals surface area contributed by atoms with Gasteiger partial charge in [0.15, 0.2) is 0 Å². The van der Waals surface area contributed by atoms with E-state index in [0.717, 1.165) is 10.2 Å². The first kappa shape index (κ1) is 7.59. The number of alkyl halides is 1. The average Bonchev–Trinajstić information content (AvgIpc) is 1.95. The highest BCUT2D eigenvalue weighted by Gasteiger charge is 1.86. The lowest BCUT2D eigenvalue weighted by atomic mass is 10.4. The number of pyridine rings is 1. The van der Waals surface area contributed by atoms with Gasteiger partial charge in [-0.2, -0.15) is 0 Å². The van der Waals surface area contributed by atoms with Crippen LogP contribution in [0.15, 0.2) is 23.1 Å². The van der Waals surface area contributed by atoms with Crippen molar-refractivity contribution in [1.82, 2.24) is 4.98 Å². The summed E-state index contributed by atoms with van der Waals surface area (Å²) in [5, 5.41) is 3.05. The first-order valence-corrected chi connectivity index (χ1v) is 4.34. The minimum absolute atomic E-state index is 0.0704. The Balaban J connectivity index is 2.79. The molecule has 0 spiro atoms. The molecule has 0 fully saturated rings. The van der Waals surface area contributed by atoms with Crippen LogP contribution in [-0.2, 0) is 0 Å². The average molecular weight is 250 g/mol. The maximum absolute atomic E-state index is 10.5. The Morgan fingerprint density at radius 1 is 1.60 bits per heavy atom. The number of hydrogen-bond acceptors (Lipinski definition) is 2. The van der Waals surface area contributed by atoms with Gasteiger partial charge in [-0.25, -0.2) is 0 Å². The van der Waals surface area contributed by atoms with Gasteiger partial charge in [-0.15, -0.1) is 0 Å². The number of rotatable bonds is 2. The first-order chi connectivity index (χ1) is 4.83. The number of halogens is 1. The second-order valence-electron chi connectivity index (χ2n) is 1.75. The first-order valence-electron chi connectivity index (χ1n) is 2.81. The Labute approximate surface area is 72.0 Å². The van der Waals surface area contributed by atoms with Crippen molar-refractivity contribution in [2.24, 2.45) is 0 Å². The Morgan fingerprint density at radius 3 is 2.90 bits per heavy atom. The summed E-state index contributed by atoms with van der Waals surface area (Å²) in [6.45, 7) is 0. The summed E-state index contributed by atoms with van der Waals surface area (Å²) >= 11 is 2.20. The summed E-state index contributed by atoms with van der Waals surface area (Å²) in [6, 6.07) is 3.24. The summed E-state index contributed by atoms with van der Waals surface area (Å²) in [5.74, 6) is 0. The van der Waals surface area contributed by atoms with Crippen LogP contribution >= 0.6 is 22.6 Å². The maximum atomic E-state index is 10.5. The fourth-order valence-electron chi connectivity index (χ4n) is 0.598. The van der Waals surface area contributed by atoms with E-state index in [4.69, 9.17) is 0 Å². The number of hydrogen-bond donors (Lipinski definition) is 2. The number of anilines is 1. The van der Waals surface area contributed by atoms with Gasteiger partial charge in [0.1, 0.15) is 0 Å². The predicted molar refractivity (Wildman–Crippen MR) is 49.6 cm³/mol. The zero-order chi connectivity index (χ0) is 7.40. The zero-order valence-electron chi connectivity index (χ0n) is 5.23.